The average molecular weight is 405 g/mol. The van der Waals surface area contributed by atoms with Crippen LogP contribution in [-0.2, 0) is 20.8 Å². The number of nitrogens with zero attached hydrogens (tertiary/aromatic N) is 2. The molecule has 2 atom stereocenters. The second-order valence-corrected chi connectivity index (χ2v) is 7.38. The normalized spacial score (nSPS) is 18.4. The Balaban J connectivity index is 1.98. The Morgan fingerprint density at radius 1 is 1.17 bits per heavy atom. The van der Waals surface area contributed by atoms with E-state index in [-0.39, 0.29) is 5.91 Å². The molecule has 0 bridgehead atoms. The molecule has 1 amide bonds. The summed E-state index contributed by atoms with van der Waals surface area (Å²) >= 11 is 0. The fraction of sp³-hybridized carbons (Fsp3) is 0.360. The fourth-order valence-corrected chi connectivity index (χ4v) is 3.60. The van der Waals surface area contributed by atoms with E-state index >= 15 is 0 Å². The van der Waals surface area contributed by atoms with E-state index in [1.54, 1.807) is 11.8 Å². The van der Waals surface area contributed by atoms with Gasteiger partial charge in [0.15, 0.2) is 0 Å². The van der Waals surface area contributed by atoms with Gasteiger partial charge >= 0.3 is 0 Å². The molecule has 0 saturated carbocycles. The number of ether oxygens (including phenoxy) is 2. The number of unbranched alkanes of at least 4 members (excludes halogenated alkanes) is 1. The molecular weight excluding hydrogens is 376 g/mol. The zero-order valence-corrected chi connectivity index (χ0v) is 17.6. The van der Waals surface area contributed by atoms with Gasteiger partial charge < -0.3 is 14.4 Å². The lowest BCUT2D eigenvalue weighted by Crippen LogP contribution is -2.45. The van der Waals surface area contributed by atoms with Crippen LogP contribution in [0.15, 0.2) is 66.2 Å². The molecule has 0 N–H and O–H groups in total. The summed E-state index contributed by atoms with van der Waals surface area (Å²) in [6.45, 7) is 4.66. The fourth-order valence-electron chi connectivity index (χ4n) is 3.60. The van der Waals surface area contributed by atoms with Gasteiger partial charge in [0, 0.05) is 25.5 Å². The van der Waals surface area contributed by atoms with Gasteiger partial charge in [-0.3, -0.25) is 4.79 Å². The lowest BCUT2D eigenvalue weighted by atomic mass is 9.95. The summed E-state index contributed by atoms with van der Waals surface area (Å²) in [4.78, 5) is 14.4. The van der Waals surface area contributed by atoms with Crippen LogP contribution in [0.25, 0.3) is 5.76 Å². The Hall–Kier alpha value is -3.10. The molecule has 1 heterocycles. The molecule has 2 aromatic carbocycles. The number of carbonyl (C=O) groups is 1. The predicted molar refractivity (Wildman–Crippen MR) is 116 cm³/mol. The number of hydrogen-bond donors (Lipinski definition) is 0. The van der Waals surface area contributed by atoms with Gasteiger partial charge in [-0.05, 0) is 12.0 Å². The van der Waals surface area contributed by atoms with Crippen molar-refractivity contribution in [3.8, 4) is 6.07 Å². The minimum Gasteiger partial charge on any atom is -0.463 e. The lowest BCUT2D eigenvalue weighted by molar-refractivity contribution is -0.139. The Labute approximate surface area is 178 Å². The molecule has 0 unspecified atom stereocenters. The quantitative estimate of drug-likeness (QED) is 0.587. The van der Waals surface area contributed by atoms with Crippen molar-refractivity contribution in [3.05, 3.63) is 77.4 Å². The highest BCUT2D eigenvalue weighted by molar-refractivity contribution is 5.76. The Kier molecular flexibility index (Phi) is 7.64. The molecule has 156 valence electrons. The van der Waals surface area contributed by atoms with Gasteiger partial charge in [-0.15, -0.1) is 0 Å². The Morgan fingerprint density at radius 2 is 1.83 bits per heavy atom. The van der Waals surface area contributed by atoms with Gasteiger partial charge in [-0.25, -0.2) is 0 Å². The van der Waals surface area contributed by atoms with Gasteiger partial charge in [0.25, 0.3) is 0 Å². The molecule has 0 radical (unpaired) electrons. The van der Waals surface area contributed by atoms with E-state index in [9.17, 15) is 10.1 Å². The first-order valence-corrected chi connectivity index (χ1v) is 10.4. The molecule has 5 heteroatoms. The zero-order valence-electron chi connectivity index (χ0n) is 17.6. The molecule has 0 aromatic heterocycles. The van der Waals surface area contributed by atoms with E-state index in [2.05, 4.69) is 13.0 Å². The molecule has 30 heavy (non-hydrogen) atoms. The number of nitriles is 1. The third-order valence-electron chi connectivity index (χ3n) is 5.18. The zero-order chi connectivity index (χ0) is 21.3. The third-order valence-corrected chi connectivity index (χ3v) is 5.18. The standard InChI is InChI=1S/C25H28N2O3/c1-3-4-15-29-24-16-23(27(19(2)28)18-20-11-7-5-8-12-20)22(17-26)25(30-24)21-13-9-6-10-14-21/h5-14,23-24H,3-4,15-16,18H2,1-2H3/t23-,24+/m0/s1. The van der Waals surface area contributed by atoms with Gasteiger partial charge in [0.1, 0.15) is 11.8 Å². The second-order valence-electron chi connectivity index (χ2n) is 7.38. The van der Waals surface area contributed by atoms with Crippen molar-refractivity contribution < 1.29 is 14.3 Å². The van der Waals surface area contributed by atoms with E-state index in [0.717, 1.165) is 24.0 Å². The molecule has 0 spiro atoms. The molecule has 2 aromatic rings. The molecule has 1 aliphatic rings. The Bertz CT molecular complexity index is 903. The van der Waals surface area contributed by atoms with Crippen LogP contribution in [0.2, 0.25) is 0 Å². The monoisotopic (exact) mass is 404 g/mol. The lowest BCUT2D eigenvalue weighted by Gasteiger charge is -2.38. The molecule has 0 aliphatic carbocycles. The number of benzene rings is 2. The number of hydrogen-bond acceptors (Lipinski definition) is 4. The van der Waals surface area contributed by atoms with Crippen LogP contribution in [0, 0.1) is 11.3 Å². The summed E-state index contributed by atoms with van der Waals surface area (Å²) in [5, 5.41) is 10.0. The van der Waals surface area contributed by atoms with Crippen molar-refractivity contribution in [2.75, 3.05) is 6.61 Å². The number of carbonyl (C=O) groups excluding carboxylic acids is 1. The van der Waals surface area contributed by atoms with Gasteiger partial charge in [-0.1, -0.05) is 74.0 Å². The average Bonchev–Trinajstić information content (AvgIpc) is 2.78. The summed E-state index contributed by atoms with van der Waals surface area (Å²) in [5.74, 6) is 0.411. The van der Waals surface area contributed by atoms with Crippen molar-refractivity contribution >= 4 is 11.7 Å². The van der Waals surface area contributed by atoms with Gasteiger partial charge in [0.2, 0.25) is 12.2 Å². The van der Waals surface area contributed by atoms with Crippen LogP contribution in [-0.4, -0.2) is 29.7 Å². The maximum atomic E-state index is 12.6. The van der Waals surface area contributed by atoms with Crippen molar-refractivity contribution in [1.82, 2.24) is 4.90 Å². The molecule has 5 nitrogen and oxygen atoms in total. The summed E-state index contributed by atoms with van der Waals surface area (Å²) in [6, 6.07) is 21.3. The van der Waals surface area contributed by atoms with Crippen molar-refractivity contribution in [2.24, 2.45) is 0 Å². The first kappa shape index (κ1) is 21.6. The minimum atomic E-state index is -0.508. The van der Waals surface area contributed by atoms with Gasteiger partial charge in [-0.2, -0.15) is 5.26 Å². The molecule has 0 fully saturated rings. The molecular formula is C25H28N2O3. The van der Waals surface area contributed by atoms with Crippen LogP contribution in [0.4, 0.5) is 0 Å². The molecule has 3 rings (SSSR count). The topological polar surface area (TPSA) is 62.6 Å². The molecule has 1 aliphatic heterocycles. The molecule has 0 saturated heterocycles. The van der Waals surface area contributed by atoms with E-state index in [4.69, 9.17) is 9.47 Å². The summed E-state index contributed by atoms with van der Waals surface area (Å²) in [7, 11) is 0. The largest absolute Gasteiger partial charge is 0.463 e. The summed E-state index contributed by atoms with van der Waals surface area (Å²) in [5.41, 5.74) is 2.29. The van der Waals surface area contributed by atoms with Crippen LogP contribution >= 0.6 is 0 Å². The highest BCUT2D eigenvalue weighted by Gasteiger charge is 2.37. The van der Waals surface area contributed by atoms with E-state index in [1.165, 1.54) is 0 Å². The summed E-state index contributed by atoms with van der Waals surface area (Å²) < 4.78 is 12.1. The minimum absolute atomic E-state index is 0.0850. The van der Waals surface area contributed by atoms with Crippen molar-refractivity contribution in [1.29, 1.82) is 5.26 Å². The van der Waals surface area contributed by atoms with Gasteiger partial charge in [0.05, 0.1) is 18.2 Å². The smallest absolute Gasteiger partial charge is 0.220 e. The third kappa shape index (κ3) is 5.28. The SMILES string of the molecule is CCCCO[C@H]1C[C@H](N(Cc2ccccc2)C(C)=O)C(C#N)=C(c2ccccc2)O1. The van der Waals surface area contributed by atoms with E-state index < -0.39 is 12.3 Å². The first-order valence-electron chi connectivity index (χ1n) is 10.4. The highest BCUT2D eigenvalue weighted by Crippen LogP contribution is 2.35. The van der Waals surface area contributed by atoms with Crippen molar-refractivity contribution in [2.45, 2.75) is 52.0 Å². The van der Waals surface area contributed by atoms with Crippen LogP contribution in [0.1, 0.15) is 44.2 Å². The number of rotatable bonds is 8. The van der Waals surface area contributed by atoms with Crippen LogP contribution in [0.3, 0.4) is 0 Å². The first-order chi connectivity index (χ1) is 14.6. The predicted octanol–water partition coefficient (Wildman–Crippen LogP) is 4.90. The Morgan fingerprint density at radius 3 is 2.43 bits per heavy atom. The second kappa shape index (κ2) is 10.6. The summed E-state index contributed by atoms with van der Waals surface area (Å²) in [6.07, 6.45) is 1.87. The van der Waals surface area contributed by atoms with Crippen molar-refractivity contribution in [3.63, 3.8) is 0 Å². The maximum absolute atomic E-state index is 12.6. The number of amides is 1. The van der Waals surface area contributed by atoms with Crippen LogP contribution < -0.4 is 0 Å². The highest BCUT2D eigenvalue weighted by atomic mass is 16.7. The maximum Gasteiger partial charge on any atom is 0.220 e. The van der Waals surface area contributed by atoms with E-state index in [1.807, 2.05) is 60.7 Å². The van der Waals surface area contributed by atoms with E-state index in [0.29, 0.717) is 30.9 Å². The van der Waals surface area contributed by atoms with Crippen LogP contribution in [0.5, 0.6) is 0 Å².